The second-order valence-corrected chi connectivity index (χ2v) is 6.41. The quantitative estimate of drug-likeness (QED) is 0.367. The van der Waals surface area contributed by atoms with Crippen LogP contribution >= 0.6 is 0 Å². The molecule has 0 bridgehead atoms. The van der Waals surface area contributed by atoms with Crippen LogP contribution in [-0.2, 0) is 19.1 Å². The third kappa shape index (κ3) is 13.9. The molecule has 0 aromatic rings. The van der Waals surface area contributed by atoms with Gasteiger partial charge in [-0.15, -0.1) is 0 Å². The molecule has 1 atom stereocenters. The zero-order valence-corrected chi connectivity index (χ0v) is 14.9. The molecule has 0 amide bonds. The van der Waals surface area contributed by atoms with Gasteiger partial charge in [-0.3, -0.25) is 9.59 Å². The summed E-state index contributed by atoms with van der Waals surface area (Å²) in [7, 11) is 0. The van der Waals surface area contributed by atoms with Gasteiger partial charge in [-0.05, 0) is 44.9 Å². The number of carbonyl (C=O) groups excluding carboxylic acids is 2. The fourth-order valence-corrected chi connectivity index (χ4v) is 2.12. The molecule has 1 unspecified atom stereocenters. The minimum Gasteiger partial charge on any atom is -0.466 e. The van der Waals surface area contributed by atoms with Crippen LogP contribution < -0.4 is 0 Å². The van der Waals surface area contributed by atoms with E-state index in [4.69, 9.17) is 9.47 Å². The topological polar surface area (TPSA) is 52.6 Å². The van der Waals surface area contributed by atoms with E-state index in [2.05, 4.69) is 20.8 Å². The van der Waals surface area contributed by atoms with Crippen molar-refractivity contribution in [2.75, 3.05) is 6.61 Å². The van der Waals surface area contributed by atoms with Gasteiger partial charge in [-0.25, -0.2) is 0 Å². The molecule has 0 aromatic heterocycles. The predicted molar refractivity (Wildman–Crippen MR) is 88.6 cm³/mol. The Labute approximate surface area is 135 Å². The molecule has 130 valence electrons. The molecule has 0 fully saturated rings. The van der Waals surface area contributed by atoms with E-state index in [9.17, 15) is 9.59 Å². The summed E-state index contributed by atoms with van der Waals surface area (Å²) in [5.41, 5.74) is 0. The number of hydrogen-bond acceptors (Lipinski definition) is 4. The number of esters is 2. The van der Waals surface area contributed by atoms with Gasteiger partial charge in [0.25, 0.3) is 0 Å². The van der Waals surface area contributed by atoms with Crippen molar-refractivity contribution < 1.29 is 19.1 Å². The first-order valence-electron chi connectivity index (χ1n) is 8.80. The van der Waals surface area contributed by atoms with Gasteiger partial charge in [-0.2, -0.15) is 0 Å². The third-order valence-corrected chi connectivity index (χ3v) is 3.50. The lowest BCUT2D eigenvalue weighted by atomic mass is 10.1. The average Bonchev–Trinajstić information content (AvgIpc) is 2.45. The predicted octanol–water partition coefficient (Wildman–Crippen LogP) is 4.65. The fourth-order valence-electron chi connectivity index (χ4n) is 2.12. The molecule has 0 rings (SSSR count). The van der Waals surface area contributed by atoms with Crippen LogP contribution in [0, 0.1) is 5.92 Å². The summed E-state index contributed by atoms with van der Waals surface area (Å²) in [6, 6.07) is 0. The third-order valence-electron chi connectivity index (χ3n) is 3.50. The van der Waals surface area contributed by atoms with E-state index in [1.54, 1.807) is 0 Å². The van der Waals surface area contributed by atoms with Crippen molar-refractivity contribution in [3.63, 3.8) is 0 Å². The first-order chi connectivity index (χ1) is 10.5. The number of carbonyl (C=O) groups is 2. The van der Waals surface area contributed by atoms with E-state index in [-0.39, 0.29) is 18.0 Å². The highest BCUT2D eigenvalue weighted by atomic mass is 16.5. The smallest absolute Gasteiger partial charge is 0.306 e. The molecule has 0 heterocycles. The van der Waals surface area contributed by atoms with E-state index >= 15 is 0 Å². The van der Waals surface area contributed by atoms with E-state index in [1.165, 1.54) is 0 Å². The molecule has 0 saturated carbocycles. The molecule has 4 nitrogen and oxygen atoms in total. The average molecular weight is 314 g/mol. The monoisotopic (exact) mass is 314 g/mol. The highest BCUT2D eigenvalue weighted by Crippen LogP contribution is 2.09. The second-order valence-electron chi connectivity index (χ2n) is 6.41. The van der Waals surface area contributed by atoms with Crippen LogP contribution in [0.1, 0.15) is 85.5 Å². The van der Waals surface area contributed by atoms with E-state index in [1.807, 2.05) is 6.92 Å². The Morgan fingerprint density at radius 1 is 0.864 bits per heavy atom. The van der Waals surface area contributed by atoms with Gasteiger partial charge >= 0.3 is 11.9 Å². The zero-order chi connectivity index (χ0) is 16.8. The molecule has 0 saturated heterocycles. The summed E-state index contributed by atoms with van der Waals surface area (Å²) in [6.45, 7) is 8.88. The molecule has 0 aliphatic heterocycles. The van der Waals surface area contributed by atoms with Crippen molar-refractivity contribution in [2.45, 2.75) is 91.6 Å². The van der Waals surface area contributed by atoms with Crippen molar-refractivity contribution in [3.05, 3.63) is 0 Å². The standard InChI is InChI=1S/C18H34O4/c1-5-6-11-16(4)22-18(20)13-8-7-12-17(19)21-14-9-10-15(2)3/h15-16H,5-14H2,1-4H3. The van der Waals surface area contributed by atoms with Gasteiger partial charge in [-0.1, -0.05) is 33.6 Å². The van der Waals surface area contributed by atoms with Gasteiger partial charge in [0.15, 0.2) is 0 Å². The lowest BCUT2D eigenvalue weighted by Gasteiger charge is -2.12. The molecule has 0 radical (unpaired) electrons. The van der Waals surface area contributed by atoms with E-state index in [0.29, 0.717) is 38.2 Å². The van der Waals surface area contributed by atoms with Crippen LogP contribution in [0.5, 0.6) is 0 Å². The Kier molecular flexibility index (Phi) is 12.9. The van der Waals surface area contributed by atoms with E-state index < -0.39 is 0 Å². The van der Waals surface area contributed by atoms with Gasteiger partial charge in [0.05, 0.1) is 12.7 Å². The van der Waals surface area contributed by atoms with Gasteiger partial charge in [0.1, 0.15) is 0 Å². The molecular weight excluding hydrogens is 280 g/mol. The summed E-state index contributed by atoms with van der Waals surface area (Å²) < 4.78 is 10.5. The minimum atomic E-state index is -0.159. The van der Waals surface area contributed by atoms with Crippen LogP contribution in [0.25, 0.3) is 0 Å². The van der Waals surface area contributed by atoms with Crippen molar-refractivity contribution >= 4 is 11.9 Å². The molecule has 0 aliphatic carbocycles. The summed E-state index contributed by atoms with van der Waals surface area (Å²) in [6.07, 6.45) is 7.25. The molecule has 4 heteroatoms. The van der Waals surface area contributed by atoms with Crippen LogP contribution in [0.4, 0.5) is 0 Å². The van der Waals surface area contributed by atoms with Crippen LogP contribution in [-0.4, -0.2) is 24.6 Å². The highest BCUT2D eigenvalue weighted by Gasteiger charge is 2.09. The van der Waals surface area contributed by atoms with Gasteiger partial charge in [0.2, 0.25) is 0 Å². The first kappa shape index (κ1) is 20.9. The summed E-state index contributed by atoms with van der Waals surface area (Å²) in [5, 5.41) is 0. The number of ether oxygens (including phenoxy) is 2. The van der Waals surface area contributed by atoms with Gasteiger partial charge < -0.3 is 9.47 Å². The maximum absolute atomic E-state index is 11.6. The normalized spacial score (nSPS) is 12.2. The van der Waals surface area contributed by atoms with Crippen LogP contribution in [0.2, 0.25) is 0 Å². The summed E-state index contributed by atoms with van der Waals surface area (Å²) >= 11 is 0. The van der Waals surface area contributed by atoms with Crippen molar-refractivity contribution in [3.8, 4) is 0 Å². The van der Waals surface area contributed by atoms with Crippen molar-refractivity contribution in [1.82, 2.24) is 0 Å². The molecule has 0 aromatic carbocycles. The molecule has 0 spiro atoms. The minimum absolute atomic E-state index is 0.00151. The second kappa shape index (κ2) is 13.6. The highest BCUT2D eigenvalue weighted by molar-refractivity contribution is 5.70. The van der Waals surface area contributed by atoms with E-state index in [0.717, 1.165) is 32.1 Å². The lowest BCUT2D eigenvalue weighted by Crippen LogP contribution is -2.14. The summed E-state index contributed by atoms with van der Waals surface area (Å²) in [5.74, 6) is 0.326. The Morgan fingerprint density at radius 2 is 1.50 bits per heavy atom. The number of unbranched alkanes of at least 4 members (excludes halogenated alkanes) is 2. The maximum Gasteiger partial charge on any atom is 0.306 e. The Hall–Kier alpha value is -1.06. The summed E-state index contributed by atoms with van der Waals surface area (Å²) in [4.78, 5) is 23.1. The van der Waals surface area contributed by atoms with Crippen molar-refractivity contribution in [1.29, 1.82) is 0 Å². The number of hydrogen-bond donors (Lipinski definition) is 0. The lowest BCUT2D eigenvalue weighted by molar-refractivity contribution is -0.149. The maximum atomic E-state index is 11.6. The van der Waals surface area contributed by atoms with Gasteiger partial charge in [0, 0.05) is 12.8 Å². The largest absolute Gasteiger partial charge is 0.466 e. The Morgan fingerprint density at radius 3 is 2.09 bits per heavy atom. The Bertz CT molecular complexity index is 299. The van der Waals surface area contributed by atoms with Crippen LogP contribution in [0.3, 0.4) is 0 Å². The molecule has 0 aliphatic rings. The molecule has 0 N–H and O–H groups in total. The first-order valence-corrected chi connectivity index (χ1v) is 8.80. The zero-order valence-electron chi connectivity index (χ0n) is 14.9. The Balaban J connectivity index is 3.50. The molecule has 22 heavy (non-hydrogen) atoms. The number of rotatable bonds is 13. The van der Waals surface area contributed by atoms with Crippen LogP contribution in [0.15, 0.2) is 0 Å². The molecular formula is C18H34O4. The SMILES string of the molecule is CCCCC(C)OC(=O)CCCCC(=O)OCCCC(C)C. The fraction of sp³-hybridized carbons (Fsp3) is 0.889. The van der Waals surface area contributed by atoms with Crippen molar-refractivity contribution in [2.24, 2.45) is 5.92 Å².